The Bertz CT molecular complexity index is 589. The molecule has 162 valence electrons. The van der Waals surface area contributed by atoms with Crippen molar-refractivity contribution in [1.29, 1.82) is 0 Å². The summed E-state index contributed by atoms with van der Waals surface area (Å²) < 4.78 is 31.9. The van der Waals surface area contributed by atoms with E-state index in [4.69, 9.17) is 0 Å². The predicted molar refractivity (Wildman–Crippen MR) is 121 cm³/mol. The van der Waals surface area contributed by atoms with Gasteiger partial charge >= 0.3 is 29.6 Å². The average molecular weight is 451 g/mol. The first-order valence-electron chi connectivity index (χ1n) is 11.2. The number of unbranched alkanes of at least 4 members (excludes halogenated alkanes) is 13. The molecule has 0 atom stereocenters. The smallest absolute Gasteiger partial charge is 0.739 e. The molecule has 0 aliphatic carbocycles. The van der Waals surface area contributed by atoms with Crippen LogP contribution < -0.4 is 29.6 Å². The van der Waals surface area contributed by atoms with Crippen molar-refractivity contribution in [1.82, 2.24) is 0 Å². The Labute approximate surface area is 205 Å². The van der Waals surface area contributed by atoms with Crippen molar-refractivity contribution in [2.75, 3.05) is 0 Å². The molecule has 0 aliphatic heterocycles. The number of aryl methyl sites for hydroxylation is 1. The normalized spacial score (nSPS) is 11.4. The van der Waals surface area contributed by atoms with Gasteiger partial charge < -0.3 is 4.55 Å². The van der Waals surface area contributed by atoms with Crippen molar-refractivity contribution in [2.24, 2.45) is 0 Å². The van der Waals surface area contributed by atoms with Crippen LogP contribution in [0.3, 0.4) is 0 Å². The van der Waals surface area contributed by atoms with Gasteiger partial charge in [-0.05, 0) is 34.8 Å². The number of hydrogen-bond donors (Lipinski definition) is 0. The summed E-state index contributed by atoms with van der Waals surface area (Å²) in [4.78, 5) is 0. The molecule has 0 saturated heterocycles. The fourth-order valence-electron chi connectivity index (χ4n) is 3.47. The Balaban J connectivity index is 0.00000784. The van der Waals surface area contributed by atoms with E-state index in [0.717, 1.165) is 12.0 Å². The van der Waals surface area contributed by atoms with Crippen molar-refractivity contribution >= 4 is 19.9 Å². The zero-order chi connectivity index (χ0) is 20.5. The molecule has 1 aromatic carbocycles. The van der Waals surface area contributed by atoms with Gasteiger partial charge in [-0.2, -0.15) is 0 Å². The van der Waals surface area contributed by atoms with Crippen molar-refractivity contribution in [2.45, 2.75) is 109 Å². The molecule has 6 heteroatoms. The van der Waals surface area contributed by atoms with Crippen LogP contribution in [0.4, 0.5) is 0 Å². The summed E-state index contributed by atoms with van der Waals surface area (Å²) in [6, 6.07) is 7.96. The third-order valence-electron chi connectivity index (χ3n) is 5.21. The maximum absolute atomic E-state index is 10.6. The van der Waals surface area contributed by atoms with Gasteiger partial charge in [0.05, 0.1) is 0 Å². The maximum atomic E-state index is 10.6. The van der Waals surface area contributed by atoms with Crippen molar-refractivity contribution < 1.29 is 42.5 Å². The average Bonchev–Trinajstić information content (AvgIpc) is 2.67. The predicted octanol–water partition coefficient (Wildman–Crippen LogP) is 4.41. The molecule has 3 nitrogen and oxygen atoms in total. The summed E-state index contributed by atoms with van der Waals surface area (Å²) in [5.41, 5.74) is 2.17. The van der Waals surface area contributed by atoms with E-state index in [1.165, 1.54) is 95.5 Å². The van der Waals surface area contributed by atoms with Crippen LogP contribution in [0.5, 0.6) is 0 Å². The molecule has 0 bridgehead atoms. The van der Waals surface area contributed by atoms with Crippen LogP contribution in [0.2, 0.25) is 0 Å². The Morgan fingerprint density at radius 1 is 0.690 bits per heavy atom. The third kappa shape index (κ3) is 18.9. The van der Waals surface area contributed by atoms with Crippen LogP contribution in [0.25, 0.3) is 0 Å². The van der Waals surface area contributed by atoms with E-state index >= 15 is 0 Å². The molecule has 0 radical (unpaired) electrons. The van der Waals surface area contributed by atoms with E-state index in [1.807, 2.05) is 12.1 Å². The molecule has 29 heavy (non-hydrogen) atoms. The quantitative estimate of drug-likeness (QED) is 0.144. The fraction of sp³-hybridized carbons (Fsp3) is 0.739. The van der Waals surface area contributed by atoms with Gasteiger partial charge in [-0.15, -0.1) is 0 Å². The van der Waals surface area contributed by atoms with E-state index in [1.54, 1.807) is 0 Å². The molecule has 0 aromatic heterocycles. The van der Waals surface area contributed by atoms with Crippen molar-refractivity contribution in [3.8, 4) is 0 Å². The summed E-state index contributed by atoms with van der Waals surface area (Å²) in [6.07, 6.45) is 20.3. The van der Waals surface area contributed by atoms with Gasteiger partial charge in [0.25, 0.3) is 0 Å². The molecule has 0 amide bonds. The summed E-state index contributed by atoms with van der Waals surface area (Å²) in [6.45, 7) is 2.27. The van der Waals surface area contributed by atoms with Gasteiger partial charge in [0.1, 0.15) is 9.15 Å². The first-order chi connectivity index (χ1) is 13.5. The molecular formula is C23H39NaO3S2. The fourth-order valence-corrected chi connectivity index (χ4v) is 4.78. The van der Waals surface area contributed by atoms with Gasteiger partial charge in [0.15, 0.2) is 0 Å². The van der Waals surface area contributed by atoms with E-state index in [0.29, 0.717) is 10.8 Å². The largest absolute Gasteiger partial charge is 1.00 e. The minimum Gasteiger partial charge on any atom is -0.739 e. The maximum Gasteiger partial charge on any atom is 1.00 e. The molecule has 0 unspecified atom stereocenters. The van der Waals surface area contributed by atoms with Gasteiger partial charge in [-0.3, -0.25) is 0 Å². The molecule has 0 spiro atoms. The van der Waals surface area contributed by atoms with Gasteiger partial charge in [0.2, 0.25) is 0 Å². The minimum absolute atomic E-state index is 0. The van der Waals surface area contributed by atoms with Crippen LogP contribution >= 0.6 is 10.8 Å². The first kappa shape index (κ1) is 29.5. The van der Waals surface area contributed by atoms with Crippen LogP contribution in [0.1, 0.15) is 108 Å². The molecule has 0 fully saturated rings. The second-order valence-corrected chi connectivity index (χ2v) is 11.1. The van der Waals surface area contributed by atoms with Crippen LogP contribution in [0.15, 0.2) is 24.3 Å². The molecule has 0 saturated carbocycles. The summed E-state index contributed by atoms with van der Waals surface area (Å²) >= 11 is 0. The standard InChI is InChI=1S/C23H40O3S2.Na/c1-2-3-4-5-6-7-8-9-10-11-12-13-14-15-16-22-17-19-23(20-18-22)21-27-28(24,25)26;/h17-20H,2-16,21H2,1H3,(H,24,25,26);/q;+1/p-1. The summed E-state index contributed by atoms with van der Waals surface area (Å²) in [5.74, 6) is 0.227. The zero-order valence-corrected chi connectivity index (χ0v) is 22.3. The van der Waals surface area contributed by atoms with E-state index < -0.39 is 9.15 Å². The summed E-state index contributed by atoms with van der Waals surface area (Å²) in [5, 5.41) is 0. The number of rotatable bonds is 18. The first-order valence-corrected chi connectivity index (χ1v) is 14.1. The second-order valence-electron chi connectivity index (χ2n) is 7.83. The van der Waals surface area contributed by atoms with Gasteiger partial charge in [0, 0.05) is 5.75 Å². The van der Waals surface area contributed by atoms with Crippen LogP contribution in [-0.2, 0) is 21.3 Å². The Morgan fingerprint density at radius 2 is 1.07 bits per heavy atom. The third-order valence-corrected chi connectivity index (χ3v) is 7.17. The van der Waals surface area contributed by atoms with Gasteiger partial charge in [-0.25, -0.2) is 8.42 Å². The van der Waals surface area contributed by atoms with Gasteiger partial charge in [-0.1, -0.05) is 115 Å². The summed E-state index contributed by atoms with van der Waals surface area (Å²) in [7, 11) is -3.75. The Hall–Kier alpha value is 0.480. The molecule has 0 N–H and O–H groups in total. The Morgan fingerprint density at radius 3 is 1.48 bits per heavy atom. The number of benzene rings is 1. The van der Waals surface area contributed by atoms with Crippen LogP contribution in [-0.4, -0.2) is 13.0 Å². The van der Waals surface area contributed by atoms with Crippen LogP contribution in [0, 0.1) is 0 Å². The molecule has 0 aliphatic rings. The van der Waals surface area contributed by atoms with Crippen molar-refractivity contribution in [3.63, 3.8) is 0 Å². The van der Waals surface area contributed by atoms with E-state index in [-0.39, 0.29) is 35.3 Å². The SMILES string of the molecule is CCCCCCCCCCCCCCCCc1ccc(CSS(=O)(=O)[O-])cc1.[Na+]. The molecule has 0 heterocycles. The minimum atomic E-state index is -4.20. The number of hydrogen-bond acceptors (Lipinski definition) is 4. The zero-order valence-electron chi connectivity index (χ0n) is 18.7. The molecule has 1 aromatic rings. The Kier molecular flexibility index (Phi) is 19.5. The monoisotopic (exact) mass is 450 g/mol. The molecule has 1 rings (SSSR count). The second kappa shape index (κ2) is 19.2. The van der Waals surface area contributed by atoms with E-state index in [9.17, 15) is 13.0 Å². The van der Waals surface area contributed by atoms with Crippen molar-refractivity contribution in [3.05, 3.63) is 35.4 Å². The van der Waals surface area contributed by atoms with E-state index in [2.05, 4.69) is 19.1 Å². The topological polar surface area (TPSA) is 57.2 Å². The molecular weight excluding hydrogens is 411 g/mol.